The van der Waals surface area contributed by atoms with Crippen molar-refractivity contribution in [3.63, 3.8) is 0 Å². The van der Waals surface area contributed by atoms with Crippen LogP contribution in [0.15, 0.2) is 66.7 Å². The van der Waals surface area contributed by atoms with Crippen LogP contribution in [0.2, 0.25) is 0 Å². The smallest absolute Gasteiger partial charge is 0.262 e. The van der Waals surface area contributed by atoms with Gasteiger partial charge >= 0.3 is 0 Å². The van der Waals surface area contributed by atoms with Gasteiger partial charge in [-0.15, -0.1) is 0 Å². The lowest BCUT2D eigenvalue weighted by molar-refractivity contribution is -0.118. The number of benzene rings is 3. The Hall–Kier alpha value is -3.80. The number of para-hydroxylation sites is 2. The minimum atomic E-state index is -0.317. The van der Waals surface area contributed by atoms with Crippen molar-refractivity contribution in [2.45, 2.75) is 31.7 Å². The molecule has 162 valence electrons. The topological polar surface area (TPSA) is 83.2 Å². The molecular formula is C26H25N3O3. The summed E-state index contributed by atoms with van der Waals surface area (Å²) in [5.74, 6) is 0.132. The predicted octanol–water partition coefficient (Wildman–Crippen LogP) is 5.01. The van der Waals surface area contributed by atoms with Crippen LogP contribution in [-0.4, -0.2) is 29.4 Å². The second-order valence-corrected chi connectivity index (χ2v) is 8.22. The van der Waals surface area contributed by atoms with Crippen molar-refractivity contribution in [2.75, 3.05) is 11.9 Å². The van der Waals surface area contributed by atoms with Gasteiger partial charge in [0.1, 0.15) is 5.75 Å². The minimum Gasteiger partial charge on any atom is -0.484 e. The SMILES string of the molecule is O=C(COc1ccc2c(c1)[nH]c1ccccc12)Nc1ccccc1C(=O)NC1CCCC1. The molecule has 3 N–H and O–H groups in total. The lowest BCUT2D eigenvalue weighted by Gasteiger charge is -2.15. The van der Waals surface area contributed by atoms with E-state index in [1.807, 2.05) is 36.4 Å². The van der Waals surface area contributed by atoms with Gasteiger partial charge in [0.2, 0.25) is 0 Å². The zero-order valence-electron chi connectivity index (χ0n) is 17.7. The van der Waals surface area contributed by atoms with E-state index in [-0.39, 0.29) is 24.5 Å². The number of hydrogen-bond acceptors (Lipinski definition) is 3. The van der Waals surface area contributed by atoms with Gasteiger partial charge in [0.25, 0.3) is 11.8 Å². The number of anilines is 1. The summed E-state index contributed by atoms with van der Waals surface area (Å²) in [5.41, 5.74) is 2.97. The van der Waals surface area contributed by atoms with E-state index < -0.39 is 0 Å². The molecule has 1 heterocycles. The number of nitrogens with one attached hydrogen (secondary N) is 3. The number of ether oxygens (including phenoxy) is 1. The third kappa shape index (κ3) is 4.17. The summed E-state index contributed by atoms with van der Waals surface area (Å²) < 4.78 is 5.72. The first-order valence-corrected chi connectivity index (χ1v) is 11.0. The molecule has 0 spiro atoms. The van der Waals surface area contributed by atoms with E-state index in [0.717, 1.165) is 47.5 Å². The van der Waals surface area contributed by atoms with Gasteiger partial charge in [0.15, 0.2) is 6.61 Å². The normalized spacial score (nSPS) is 14.0. The molecule has 0 atom stereocenters. The van der Waals surface area contributed by atoms with E-state index in [1.54, 1.807) is 24.3 Å². The molecule has 3 aromatic carbocycles. The number of aromatic amines is 1. The Morgan fingerprint density at radius 3 is 2.53 bits per heavy atom. The molecule has 5 rings (SSSR count). The van der Waals surface area contributed by atoms with Gasteiger partial charge in [-0.1, -0.05) is 43.2 Å². The Morgan fingerprint density at radius 1 is 0.906 bits per heavy atom. The first-order valence-electron chi connectivity index (χ1n) is 11.0. The van der Waals surface area contributed by atoms with Crippen LogP contribution in [-0.2, 0) is 4.79 Å². The highest BCUT2D eigenvalue weighted by Gasteiger charge is 2.20. The summed E-state index contributed by atoms with van der Waals surface area (Å²) in [6.07, 6.45) is 4.31. The van der Waals surface area contributed by atoms with Crippen LogP contribution in [0, 0.1) is 0 Å². The highest BCUT2D eigenvalue weighted by atomic mass is 16.5. The predicted molar refractivity (Wildman–Crippen MR) is 126 cm³/mol. The molecular weight excluding hydrogens is 402 g/mol. The number of rotatable bonds is 6. The van der Waals surface area contributed by atoms with Crippen molar-refractivity contribution in [3.8, 4) is 5.75 Å². The number of fused-ring (bicyclic) bond motifs is 3. The largest absolute Gasteiger partial charge is 0.484 e. The van der Waals surface area contributed by atoms with Crippen molar-refractivity contribution >= 4 is 39.3 Å². The molecule has 1 aromatic heterocycles. The Labute approximate surface area is 186 Å². The van der Waals surface area contributed by atoms with E-state index >= 15 is 0 Å². The zero-order chi connectivity index (χ0) is 21.9. The van der Waals surface area contributed by atoms with Crippen LogP contribution < -0.4 is 15.4 Å². The molecule has 1 saturated carbocycles. The number of hydrogen-bond donors (Lipinski definition) is 3. The molecule has 4 aromatic rings. The average Bonchev–Trinajstić information content (AvgIpc) is 3.45. The summed E-state index contributed by atoms with van der Waals surface area (Å²) in [4.78, 5) is 28.6. The van der Waals surface area contributed by atoms with Gasteiger partial charge in [-0.25, -0.2) is 0 Å². The van der Waals surface area contributed by atoms with E-state index in [9.17, 15) is 9.59 Å². The molecule has 0 saturated heterocycles. The zero-order valence-corrected chi connectivity index (χ0v) is 17.7. The van der Waals surface area contributed by atoms with Gasteiger partial charge in [0, 0.05) is 28.4 Å². The molecule has 0 radical (unpaired) electrons. The van der Waals surface area contributed by atoms with Crippen molar-refractivity contribution in [1.29, 1.82) is 0 Å². The number of carbonyl (C=O) groups excluding carboxylic acids is 2. The fourth-order valence-corrected chi connectivity index (χ4v) is 4.38. The highest BCUT2D eigenvalue weighted by Crippen LogP contribution is 2.28. The lowest BCUT2D eigenvalue weighted by atomic mass is 10.1. The molecule has 1 fully saturated rings. The Bertz CT molecular complexity index is 1290. The Morgan fingerprint density at radius 2 is 1.66 bits per heavy atom. The number of aromatic nitrogens is 1. The minimum absolute atomic E-state index is 0.148. The first-order chi connectivity index (χ1) is 15.7. The molecule has 0 unspecified atom stereocenters. The van der Waals surface area contributed by atoms with Crippen molar-refractivity contribution in [2.24, 2.45) is 0 Å². The van der Waals surface area contributed by atoms with Crippen molar-refractivity contribution < 1.29 is 14.3 Å². The van der Waals surface area contributed by atoms with Gasteiger partial charge in [-0.05, 0) is 43.2 Å². The number of amides is 2. The molecule has 6 nitrogen and oxygen atoms in total. The molecule has 2 amide bonds. The maximum atomic E-state index is 12.7. The summed E-state index contributed by atoms with van der Waals surface area (Å²) in [5, 5.41) is 8.15. The quantitative estimate of drug-likeness (QED) is 0.404. The van der Waals surface area contributed by atoms with Crippen LogP contribution >= 0.6 is 0 Å². The third-order valence-electron chi connectivity index (χ3n) is 5.98. The summed E-state index contributed by atoms with van der Waals surface area (Å²) >= 11 is 0. The van der Waals surface area contributed by atoms with Gasteiger partial charge < -0.3 is 20.4 Å². The average molecular weight is 428 g/mol. The van der Waals surface area contributed by atoms with Gasteiger partial charge in [0.05, 0.1) is 16.8 Å². The summed E-state index contributed by atoms with van der Waals surface area (Å²) in [6.45, 7) is -0.148. The standard InChI is InChI=1S/C26H25N3O3/c30-25(29-23-12-6-4-10-21(23)26(31)27-17-7-1-2-8-17)16-32-18-13-14-20-19-9-3-5-11-22(19)28-24(20)15-18/h3-6,9-15,17,28H,1-2,7-8,16H2,(H,27,31)(H,29,30). The van der Waals surface area contributed by atoms with Crippen LogP contribution in [0.1, 0.15) is 36.0 Å². The first kappa shape index (κ1) is 20.1. The third-order valence-corrected chi connectivity index (χ3v) is 5.98. The molecule has 32 heavy (non-hydrogen) atoms. The van der Waals surface area contributed by atoms with Crippen molar-refractivity contribution in [1.82, 2.24) is 10.3 Å². The van der Waals surface area contributed by atoms with Gasteiger partial charge in [-0.2, -0.15) is 0 Å². The van der Waals surface area contributed by atoms with E-state index in [4.69, 9.17) is 4.74 Å². The van der Waals surface area contributed by atoms with Crippen LogP contribution in [0.25, 0.3) is 21.8 Å². The maximum Gasteiger partial charge on any atom is 0.262 e. The molecule has 1 aliphatic carbocycles. The second-order valence-electron chi connectivity index (χ2n) is 8.22. The molecule has 0 aliphatic heterocycles. The lowest BCUT2D eigenvalue weighted by Crippen LogP contribution is -2.33. The fourth-order valence-electron chi connectivity index (χ4n) is 4.38. The monoisotopic (exact) mass is 427 g/mol. The van der Waals surface area contributed by atoms with Crippen LogP contribution in [0.5, 0.6) is 5.75 Å². The summed E-state index contributed by atoms with van der Waals surface area (Å²) in [6, 6.07) is 21.1. The van der Waals surface area contributed by atoms with E-state index in [0.29, 0.717) is 17.0 Å². The van der Waals surface area contributed by atoms with Crippen LogP contribution in [0.3, 0.4) is 0 Å². The Kier molecular flexibility index (Phi) is 5.50. The number of H-pyrrole nitrogens is 1. The molecule has 1 aliphatic rings. The highest BCUT2D eigenvalue weighted by molar-refractivity contribution is 6.07. The van der Waals surface area contributed by atoms with E-state index in [1.165, 1.54) is 0 Å². The fraction of sp³-hybridized carbons (Fsp3) is 0.231. The molecule has 0 bridgehead atoms. The Balaban J connectivity index is 1.24. The molecule has 6 heteroatoms. The van der Waals surface area contributed by atoms with Crippen molar-refractivity contribution in [3.05, 3.63) is 72.3 Å². The van der Waals surface area contributed by atoms with Gasteiger partial charge in [-0.3, -0.25) is 9.59 Å². The second kappa shape index (κ2) is 8.75. The maximum absolute atomic E-state index is 12.7. The van der Waals surface area contributed by atoms with Crippen LogP contribution in [0.4, 0.5) is 5.69 Å². The summed E-state index contributed by atoms with van der Waals surface area (Å²) in [7, 11) is 0. The number of carbonyl (C=O) groups is 2. The van der Waals surface area contributed by atoms with E-state index in [2.05, 4.69) is 21.7 Å².